The topological polar surface area (TPSA) is 103 Å². The van der Waals surface area contributed by atoms with Gasteiger partial charge >= 0.3 is 11.9 Å². The third-order valence-electron chi connectivity index (χ3n) is 6.11. The van der Waals surface area contributed by atoms with Gasteiger partial charge in [0.1, 0.15) is 27.8 Å². The fraction of sp³-hybridized carbons (Fsp3) is 0.417. The Morgan fingerprint density at radius 2 is 1.83 bits per heavy atom. The summed E-state index contributed by atoms with van der Waals surface area (Å²) in [5, 5.41) is 0.822. The molecule has 10 nitrogen and oxygen atoms in total. The molecule has 3 aromatic rings. The third kappa shape index (κ3) is 4.43. The Morgan fingerprint density at radius 1 is 1.09 bits per heavy atom. The van der Waals surface area contributed by atoms with Crippen LogP contribution in [-0.4, -0.2) is 68.6 Å². The molecule has 1 aromatic carbocycles. The number of anilines is 2. The molecule has 184 valence electrons. The van der Waals surface area contributed by atoms with E-state index < -0.39 is 5.97 Å². The van der Waals surface area contributed by atoms with Crippen molar-refractivity contribution in [3.05, 3.63) is 34.5 Å². The van der Waals surface area contributed by atoms with Gasteiger partial charge in [0.05, 0.1) is 19.1 Å². The molecule has 1 fully saturated rings. The van der Waals surface area contributed by atoms with E-state index in [0.717, 1.165) is 47.0 Å². The maximum Gasteiger partial charge on any atom is 0.348 e. The van der Waals surface area contributed by atoms with Crippen LogP contribution < -0.4 is 19.3 Å². The lowest BCUT2D eigenvalue weighted by Crippen LogP contribution is -2.47. The van der Waals surface area contributed by atoms with Gasteiger partial charge in [0, 0.05) is 37.9 Å². The summed E-state index contributed by atoms with van der Waals surface area (Å²) in [6.07, 6.45) is -0.0394. The number of aromatic nitrogens is 2. The average Bonchev–Trinajstić information content (AvgIpc) is 3.47. The van der Waals surface area contributed by atoms with Crippen molar-refractivity contribution < 1.29 is 28.5 Å². The van der Waals surface area contributed by atoms with Gasteiger partial charge in [0.25, 0.3) is 0 Å². The fourth-order valence-corrected chi connectivity index (χ4v) is 5.41. The normalized spacial score (nSPS) is 14.9. The first kappa shape index (κ1) is 23.2. The molecular formula is C24H26N4O6S. The molecule has 0 spiro atoms. The number of hydrogen-bond donors (Lipinski definition) is 0. The van der Waals surface area contributed by atoms with Crippen molar-refractivity contribution in [2.75, 3.05) is 56.5 Å². The smallest absolute Gasteiger partial charge is 0.348 e. The van der Waals surface area contributed by atoms with Crippen molar-refractivity contribution in [1.82, 2.24) is 9.97 Å². The van der Waals surface area contributed by atoms with Crippen LogP contribution in [0.2, 0.25) is 0 Å². The van der Waals surface area contributed by atoms with Crippen molar-refractivity contribution in [3.63, 3.8) is 0 Å². The Kier molecular flexibility index (Phi) is 6.33. The third-order valence-corrected chi connectivity index (χ3v) is 7.27. The molecule has 1 saturated heterocycles. The zero-order chi connectivity index (χ0) is 24.5. The molecule has 0 radical (unpaired) electrons. The van der Waals surface area contributed by atoms with Crippen molar-refractivity contribution in [1.29, 1.82) is 0 Å². The van der Waals surface area contributed by atoms with Crippen molar-refractivity contribution in [2.45, 2.75) is 20.3 Å². The highest BCUT2D eigenvalue weighted by Gasteiger charge is 2.27. The summed E-state index contributed by atoms with van der Waals surface area (Å²) >= 11 is 1.27. The maximum absolute atomic E-state index is 12.5. The van der Waals surface area contributed by atoms with Crippen LogP contribution in [0.25, 0.3) is 10.2 Å². The molecule has 0 unspecified atom stereocenters. The van der Waals surface area contributed by atoms with E-state index in [4.69, 9.17) is 23.9 Å². The van der Waals surface area contributed by atoms with Crippen molar-refractivity contribution >= 4 is 45.0 Å². The lowest BCUT2D eigenvalue weighted by atomic mass is 10.1. The van der Waals surface area contributed by atoms with E-state index in [0.29, 0.717) is 35.2 Å². The van der Waals surface area contributed by atoms with Gasteiger partial charge in [-0.25, -0.2) is 14.8 Å². The Labute approximate surface area is 206 Å². The molecule has 0 atom stereocenters. The molecule has 35 heavy (non-hydrogen) atoms. The molecule has 0 amide bonds. The first-order chi connectivity index (χ1) is 17.0. The Hall–Kier alpha value is -3.60. The molecule has 2 aromatic heterocycles. The van der Waals surface area contributed by atoms with Crippen LogP contribution >= 0.6 is 11.3 Å². The number of thiophene rings is 1. The molecule has 4 heterocycles. The maximum atomic E-state index is 12.5. The quantitative estimate of drug-likeness (QED) is 0.471. The minimum Gasteiger partial charge on any atom is -0.469 e. The zero-order valence-corrected chi connectivity index (χ0v) is 20.6. The number of piperazine rings is 1. The Bertz CT molecular complexity index is 1280. The van der Waals surface area contributed by atoms with Gasteiger partial charge in [0.2, 0.25) is 6.79 Å². The number of fused-ring (bicyclic) bond motifs is 2. The van der Waals surface area contributed by atoms with E-state index in [1.807, 2.05) is 25.1 Å². The number of aryl methyl sites for hydroxylation is 1. The summed E-state index contributed by atoms with van der Waals surface area (Å²) in [7, 11) is 1.34. The van der Waals surface area contributed by atoms with E-state index in [-0.39, 0.29) is 19.2 Å². The number of nitrogens with zero attached hydrogens (tertiary/aromatic N) is 4. The summed E-state index contributed by atoms with van der Waals surface area (Å²) in [6, 6.07) is 5.97. The number of carbonyl (C=O) groups excluding carboxylic acids is 2. The van der Waals surface area contributed by atoms with Gasteiger partial charge in [-0.3, -0.25) is 4.79 Å². The van der Waals surface area contributed by atoms with Gasteiger partial charge < -0.3 is 28.7 Å². The van der Waals surface area contributed by atoms with Gasteiger partial charge in [-0.05, 0) is 31.5 Å². The monoisotopic (exact) mass is 498 g/mol. The summed E-state index contributed by atoms with van der Waals surface area (Å²) in [6.45, 7) is 7.17. The number of rotatable bonds is 6. The van der Waals surface area contributed by atoms with E-state index in [9.17, 15) is 9.59 Å². The number of ether oxygens (including phenoxy) is 4. The second kappa shape index (κ2) is 9.57. The lowest BCUT2D eigenvalue weighted by molar-refractivity contribution is -0.139. The molecule has 2 aliphatic heterocycles. The predicted molar refractivity (Wildman–Crippen MR) is 131 cm³/mol. The fourth-order valence-electron chi connectivity index (χ4n) is 4.32. The molecule has 0 N–H and O–H groups in total. The van der Waals surface area contributed by atoms with Crippen LogP contribution in [0, 0.1) is 6.92 Å². The highest BCUT2D eigenvalue weighted by atomic mass is 32.1. The molecule has 0 bridgehead atoms. The first-order valence-corrected chi connectivity index (χ1v) is 12.2. The average molecular weight is 499 g/mol. The van der Waals surface area contributed by atoms with E-state index in [1.165, 1.54) is 18.4 Å². The minimum atomic E-state index is -0.415. The predicted octanol–water partition coefficient (Wildman–Crippen LogP) is 2.95. The molecule has 5 rings (SSSR count). The van der Waals surface area contributed by atoms with Crippen LogP contribution in [0.3, 0.4) is 0 Å². The van der Waals surface area contributed by atoms with Crippen LogP contribution in [0.4, 0.5) is 11.5 Å². The summed E-state index contributed by atoms with van der Waals surface area (Å²) in [4.78, 5) is 39.4. The SMILES string of the molecule is CCOC(=O)c1sc2nc(CC(=O)OC)nc(N3CCN(c4ccc5c(c4)OCO5)CC3)c2c1C. The molecule has 11 heteroatoms. The zero-order valence-electron chi connectivity index (χ0n) is 19.8. The van der Waals surface area contributed by atoms with E-state index >= 15 is 0 Å². The molecule has 0 saturated carbocycles. The van der Waals surface area contributed by atoms with Crippen molar-refractivity contribution in [2.24, 2.45) is 0 Å². The van der Waals surface area contributed by atoms with Gasteiger partial charge in [-0.15, -0.1) is 11.3 Å². The van der Waals surface area contributed by atoms with Crippen LogP contribution in [0.1, 0.15) is 28.0 Å². The molecular weight excluding hydrogens is 472 g/mol. The standard InChI is InChI=1S/C24H26N4O6S/c1-4-32-24(30)21-14(2)20-22(25-18(12-19(29)31-3)26-23(20)35-21)28-9-7-27(8-10-28)15-5-6-16-17(11-15)34-13-33-16/h5-6,11H,4,7-10,12-13H2,1-3H3. The molecule has 2 aliphatic rings. The summed E-state index contributed by atoms with van der Waals surface area (Å²) < 4.78 is 21.0. The number of carbonyl (C=O) groups is 2. The first-order valence-electron chi connectivity index (χ1n) is 11.4. The van der Waals surface area contributed by atoms with E-state index in [1.54, 1.807) is 6.92 Å². The highest BCUT2D eigenvalue weighted by molar-refractivity contribution is 7.20. The van der Waals surface area contributed by atoms with E-state index in [2.05, 4.69) is 14.8 Å². The number of esters is 2. The second-order valence-corrected chi connectivity index (χ2v) is 9.18. The van der Waals surface area contributed by atoms with Crippen LogP contribution in [0.5, 0.6) is 11.5 Å². The minimum absolute atomic E-state index is 0.0394. The lowest BCUT2D eigenvalue weighted by Gasteiger charge is -2.37. The molecule has 0 aliphatic carbocycles. The van der Waals surface area contributed by atoms with Gasteiger partial charge in [0.15, 0.2) is 11.5 Å². The summed E-state index contributed by atoms with van der Waals surface area (Å²) in [5.74, 6) is 1.83. The van der Waals surface area contributed by atoms with Crippen LogP contribution in [0.15, 0.2) is 18.2 Å². The Balaban J connectivity index is 1.45. The van der Waals surface area contributed by atoms with Crippen LogP contribution in [-0.2, 0) is 20.7 Å². The van der Waals surface area contributed by atoms with Gasteiger partial charge in [-0.2, -0.15) is 0 Å². The number of benzene rings is 1. The second-order valence-electron chi connectivity index (χ2n) is 8.18. The number of methoxy groups -OCH3 is 1. The largest absolute Gasteiger partial charge is 0.469 e. The highest BCUT2D eigenvalue weighted by Crippen LogP contribution is 2.38. The number of hydrogen-bond acceptors (Lipinski definition) is 11. The van der Waals surface area contributed by atoms with Gasteiger partial charge in [-0.1, -0.05) is 0 Å². The Morgan fingerprint density at radius 3 is 2.57 bits per heavy atom. The van der Waals surface area contributed by atoms with Crippen molar-refractivity contribution in [3.8, 4) is 11.5 Å². The summed E-state index contributed by atoms with van der Waals surface area (Å²) in [5.41, 5.74) is 1.87.